The first-order chi connectivity index (χ1) is 7.65. The maximum Gasteiger partial charge on any atom is 0.315 e. The van der Waals surface area contributed by atoms with Crippen LogP contribution in [0.4, 0.5) is 6.01 Å². The predicted molar refractivity (Wildman–Crippen MR) is 63.6 cm³/mol. The lowest BCUT2D eigenvalue weighted by Crippen LogP contribution is -2.26. The molecular weight excluding hydrogens is 226 g/mol. The lowest BCUT2D eigenvalue weighted by molar-refractivity contribution is 0.352. The lowest BCUT2D eigenvalue weighted by atomic mass is 9.87. The smallest absolute Gasteiger partial charge is 0.315 e. The van der Waals surface area contributed by atoms with Crippen LogP contribution in [0.25, 0.3) is 0 Å². The molecule has 0 saturated heterocycles. The molecule has 0 aliphatic heterocycles. The highest BCUT2D eigenvalue weighted by Gasteiger charge is 2.20. The lowest BCUT2D eigenvalue weighted by Gasteiger charge is -2.26. The molecule has 1 N–H and O–H groups in total. The third kappa shape index (κ3) is 2.88. The Labute approximate surface area is 101 Å². The summed E-state index contributed by atoms with van der Waals surface area (Å²) in [5.41, 5.74) is 0. The molecule has 90 valence electrons. The van der Waals surface area contributed by atoms with Crippen molar-refractivity contribution in [1.29, 1.82) is 0 Å². The first-order valence-electron chi connectivity index (χ1n) is 5.89. The maximum absolute atomic E-state index is 5.86. The number of nitrogens with zero attached hydrogens (tertiary/aromatic N) is 2. The summed E-state index contributed by atoms with van der Waals surface area (Å²) in [5.74, 6) is 1.26. The Morgan fingerprint density at radius 2 is 2.25 bits per heavy atom. The highest BCUT2D eigenvalue weighted by molar-refractivity contribution is 6.20. The standard InChI is InChI=1S/C11H18ClN3O/c1-7-4-3-5-9(6-7)13-11-15-14-10(16-11)8(2)12/h7-9H,3-6H2,1-2H3,(H,13,15). The van der Waals surface area contributed by atoms with E-state index in [-0.39, 0.29) is 5.38 Å². The summed E-state index contributed by atoms with van der Waals surface area (Å²) in [6, 6.07) is 0.962. The minimum Gasteiger partial charge on any atom is -0.406 e. The van der Waals surface area contributed by atoms with Gasteiger partial charge in [0.2, 0.25) is 5.89 Å². The number of halogens is 1. The van der Waals surface area contributed by atoms with Gasteiger partial charge in [-0.3, -0.25) is 0 Å². The van der Waals surface area contributed by atoms with E-state index in [2.05, 4.69) is 22.4 Å². The van der Waals surface area contributed by atoms with Crippen LogP contribution in [0.5, 0.6) is 0 Å². The SMILES string of the molecule is CC1CCCC(Nc2nnc(C(C)Cl)o2)C1. The molecule has 3 unspecified atom stereocenters. The molecule has 0 radical (unpaired) electrons. The fourth-order valence-electron chi connectivity index (χ4n) is 2.19. The molecule has 1 aromatic rings. The number of rotatable bonds is 3. The van der Waals surface area contributed by atoms with E-state index in [1.807, 2.05) is 6.92 Å². The van der Waals surface area contributed by atoms with Gasteiger partial charge in [-0.2, -0.15) is 0 Å². The van der Waals surface area contributed by atoms with Gasteiger partial charge in [-0.1, -0.05) is 24.9 Å². The van der Waals surface area contributed by atoms with Gasteiger partial charge in [0, 0.05) is 6.04 Å². The van der Waals surface area contributed by atoms with Crippen LogP contribution in [-0.2, 0) is 0 Å². The third-order valence-corrected chi connectivity index (χ3v) is 3.23. The minimum absolute atomic E-state index is 0.228. The number of hydrogen-bond acceptors (Lipinski definition) is 4. The molecular formula is C11H18ClN3O. The highest BCUT2D eigenvalue weighted by atomic mass is 35.5. The normalized spacial score (nSPS) is 27.7. The summed E-state index contributed by atoms with van der Waals surface area (Å²) in [4.78, 5) is 0. The molecule has 3 atom stereocenters. The highest BCUT2D eigenvalue weighted by Crippen LogP contribution is 2.26. The van der Waals surface area contributed by atoms with Crippen molar-refractivity contribution in [3.8, 4) is 0 Å². The van der Waals surface area contributed by atoms with E-state index in [1.165, 1.54) is 25.7 Å². The van der Waals surface area contributed by atoms with Crippen molar-refractivity contribution >= 4 is 17.6 Å². The summed E-state index contributed by atoms with van der Waals surface area (Å²) < 4.78 is 5.42. The van der Waals surface area contributed by atoms with Crippen molar-refractivity contribution < 1.29 is 4.42 Å². The second-order valence-corrected chi connectivity index (χ2v) is 5.33. The van der Waals surface area contributed by atoms with Gasteiger partial charge < -0.3 is 9.73 Å². The topological polar surface area (TPSA) is 51.0 Å². The van der Waals surface area contributed by atoms with Gasteiger partial charge >= 0.3 is 6.01 Å². The predicted octanol–water partition coefficient (Wildman–Crippen LogP) is 3.36. The van der Waals surface area contributed by atoms with Gasteiger partial charge in [-0.25, -0.2) is 0 Å². The number of aromatic nitrogens is 2. The first kappa shape index (κ1) is 11.7. The van der Waals surface area contributed by atoms with Crippen molar-refractivity contribution in [1.82, 2.24) is 10.2 Å². The second kappa shape index (κ2) is 5.04. The van der Waals surface area contributed by atoms with Crippen LogP contribution in [0, 0.1) is 5.92 Å². The van der Waals surface area contributed by atoms with Crippen molar-refractivity contribution in [2.75, 3.05) is 5.32 Å². The van der Waals surface area contributed by atoms with Crippen molar-refractivity contribution in [3.63, 3.8) is 0 Å². The Bertz CT molecular complexity index is 340. The molecule has 1 heterocycles. The van der Waals surface area contributed by atoms with Gasteiger partial charge in [0.05, 0.1) is 0 Å². The second-order valence-electron chi connectivity index (χ2n) is 4.67. The van der Waals surface area contributed by atoms with Crippen LogP contribution in [0.1, 0.15) is 50.8 Å². The van der Waals surface area contributed by atoms with E-state index >= 15 is 0 Å². The summed E-state index contributed by atoms with van der Waals surface area (Å²) in [7, 11) is 0. The van der Waals surface area contributed by atoms with E-state index in [1.54, 1.807) is 0 Å². The number of hydrogen-bond donors (Lipinski definition) is 1. The molecule has 1 aliphatic carbocycles. The monoisotopic (exact) mass is 243 g/mol. The summed E-state index contributed by atoms with van der Waals surface area (Å²) in [5, 5.41) is 10.9. The summed E-state index contributed by atoms with van der Waals surface area (Å²) >= 11 is 5.86. The zero-order valence-electron chi connectivity index (χ0n) is 9.74. The van der Waals surface area contributed by atoms with Crippen LogP contribution in [0.15, 0.2) is 4.42 Å². The molecule has 1 fully saturated rings. The zero-order chi connectivity index (χ0) is 11.5. The third-order valence-electron chi connectivity index (χ3n) is 3.04. The Balaban J connectivity index is 1.92. The van der Waals surface area contributed by atoms with Gasteiger partial charge in [-0.05, 0) is 25.7 Å². The number of alkyl halides is 1. The largest absolute Gasteiger partial charge is 0.406 e. The van der Waals surface area contributed by atoms with Crippen molar-refractivity contribution in [2.24, 2.45) is 5.92 Å². The van der Waals surface area contributed by atoms with Crippen LogP contribution in [0.2, 0.25) is 0 Å². The molecule has 1 aromatic heterocycles. The quantitative estimate of drug-likeness (QED) is 0.827. The van der Waals surface area contributed by atoms with Gasteiger partial charge in [0.1, 0.15) is 5.38 Å². The fraction of sp³-hybridized carbons (Fsp3) is 0.818. The molecule has 2 rings (SSSR count). The summed E-state index contributed by atoms with van der Waals surface area (Å²) in [6.45, 7) is 4.11. The van der Waals surface area contributed by atoms with Crippen molar-refractivity contribution in [2.45, 2.75) is 50.9 Å². The summed E-state index contributed by atoms with van der Waals surface area (Å²) in [6.07, 6.45) is 4.95. The van der Waals surface area contributed by atoms with Gasteiger partial charge in [-0.15, -0.1) is 16.7 Å². The molecule has 0 spiro atoms. The fourth-order valence-corrected chi connectivity index (χ4v) is 2.28. The molecule has 1 aliphatic rings. The van der Waals surface area contributed by atoms with E-state index in [0.29, 0.717) is 17.9 Å². The molecule has 0 aromatic carbocycles. The van der Waals surface area contributed by atoms with E-state index in [9.17, 15) is 0 Å². The van der Waals surface area contributed by atoms with Crippen LogP contribution in [0.3, 0.4) is 0 Å². The molecule has 0 amide bonds. The zero-order valence-corrected chi connectivity index (χ0v) is 10.5. The van der Waals surface area contributed by atoms with E-state index in [4.69, 9.17) is 16.0 Å². The molecule has 16 heavy (non-hydrogen) atoms. The van der Waals surface area contributed by atoms with Crippen molar-refractivity contribution in [3.05, 3.63) is 5.89 Å². The van der Waals surface area contributed by atoms with Crippen LogP contribution >= 0.6 is 11.6 Å². The Morgan fingerprint density at radius 1 is 1.44 bits per heavy atom. The molecule has 0 bridgehead atoms. The molecule has 1 saturated carbocycles. The Hall–Kier alpha value is -0.770. The number of anilines is 1. The van der Waals surface area contributed by atoms with Gasteiger partial charge in [0.25, 0.3) is 0 Å². The molecule has 5 heteroatoms. The Kier molecular flexibility index (Phi) is 3.69. The first-order valence-corrected chi connectivity index (χ1v) is 6.33. The minimum atomic E-state index is -0.228. The van der Waals surface area contributed by atoms with E-state index in [0.717, 1.165) is 5.92 Å². The Morgan fingerprint density at radius 3 is 2.88 bits per heavy atom. The van der Waals surface area contributed by atoms with Crippen LogP contribution in [-0.4, -0.2) is 16.2 Å². The average Bonchev–Trinajstić information content (AvgIpc) is 2.66. The molecule has 4 nitrogen and oxygen atoms in total. The van der Waals surface area contributed by atoms with Gasteiger partial charge in [0.15, 0.2) is 0 Å². The van der Waals surface area contributed by atoms with Crippen LogP contribution < -0.4 is 5.32 Å². The van der Waals surface area contributed by atoms with E-state index < -0.39 is 0 Å². The number of nitrogens with one attached hydrogen (secondary N) is 1. The average molecular weight is 244 g/mol. The maximum atomic E-state index is 5.86.